The summed E-state index contributed by atoms with van der Waals surface area (Å²) in [6.07, 6.45) is 0.887. The Morgan fingerprint density at radius 1 is 1.33 bits per heavy atom. The van der Waals surface area contributed by atoms with Crippen LogP contribution in [0.3, 0.4) is 0 Å². The molecule has 0 saturated carbocycles. The topological polar surface area (TPSA) is 29.1 Å². The molecule has 0 heterocycles. The SMILES string of the molecule is C=C(N[C@@H](C)C=O)C(C)C(C)C. The van der Waals surface area contributed by atoms with Crippen molar-refractivity contribution in [3.63, 3.8) is 0 Å². The Morgan fingerprint density at radius 2 is 1.83 bits per heavy atom. The van der Waals surface area contributed by atoms with E-state index in [1.54, 1.807) is 0 Å². The van der Waals surface area contributed by atoms with Gasteiger partial charge in [-0.1, -0.05) is 27.4 Å². The minimum Gasteiger partial charge on any atom is -0.379 e. The molecular weight excluding hydrogens is 150 g/mol. The van der Waals surface area contributed by atoms with Crippen molar-refractivity contribution in [3.8, 4) is 0 Å². The second kappa shape index (κ2) is 4.96. The van der Waals surface area contributed by atoms with Gasteiger partial charge in [-0.15, -0.1) is 0 Å². The van der Waals surface area contributed by atoms with E-state index in [1.165, 1.54) is 0 Å². The average molecular weight is 169 g/mol. The van der Waals surface area contributed by atoms with Crippen LogP contribution in [0.15, 0.2) is 12.3 Å². The van der Waals surface area contributed by atoms with Crippen LogP contribution in [-0.2, 0) is 4.79 Å². The third-order valence-electron chi connectivity index (χ3n) is 2.17. The zero-order valence-electron chi connectivity index (χ0n) is 8.42. The van der Waals surface area contributed by atoms with Gasteiger partial charge in [0.25, 0.3) is 0 Å². The van der Waals surface area contributed by atoms with Gasteiger partial charge in [-0.2, -0.15) is 0 Å². The molecule has 1 N–H and O–H groups in total. The normalized spacial score (nSPS) is 15.4. The highest BCUT2D eigenvalue weighted by molar-refractivity contribution is 5.57. The van der Waals surface area contributed by atoms with Crippen LogP contribution in [0.5, 0.6) is 0 Å². The van der Waals surface area contributed by atoms with Crippen molar-refractivity contribution in [2.45, 2.75) is 33.7 Å². The predicted molar refractivity (Wildman–Crippen MR) is 51.8 cm³/mol. The van der Waals surface area contributed by atoms with E-state index in [1.807, 2.05) is 6.92 Å². The Labute approximate surface area is 75.0 Å². The number of nitrogens with one attached hydrogen (secondary N) is 1. The van der Waals surface area contributed by atoms with Gasteiger partial charge in [0.05, 0.1) is 6.04 Å². The summed E-state index contributed by atoms with van der Waals surface area (Å²) in [5, 5.41) is 3.05. The van der Waals surface area contributed by atoms with E-state index in [2.05, 4.69) is 32.7 Å². The Kier molecular flexibility index (Phi) is 4.64. The highest BCUT2D eigenvalue weighted by Crippen LogP contribution is 2.15. The van der Waals surface area contributed by atoms with Crippen LogP contribution in [0.4, 0.5) is 0 Å². The fourth-order valence-corrected chi connectivity index (χ4v) is 0.860. The van der Waals surface area contributed by atoms with Gasteiger partial charge in [0.2, 0.25) is 0 Å². The Morgan fingerprint density at radius 3 is 2.17 bits per heavy atom. The molecule has 2 nitrogen and oxygen atoms in total. The molecule has 0 bridgehead atoms. The third-order valence-corrected chi connectivity index (χ3v) is 2.17. The highest BCUT2D eigenvalue weighted by Gasteiger charge is 2.11. The number of hydrogen-bond acceptors (Lipinski definition) is 2. The van der Waals surface area contributed by atoms with E-state index in [0.29, 0.717) is 11.8 Å². The van der Waals surface area contributed by atoms with Crippen molar-refractivity contribution in [3.05, 3.63) is 12.3 Å². The number of rotatable bonds is 5. The Balaban J connectivity index is 3.95. The van der Waals surface area contributed by atoms with Crippen LogP contribution in [0, 0.1) is 11.8 Å². The van der Waals surface area contributed by atoms with Crippen molar-refractivity contribution < 1.29 is 4.79 Å². The minimum atomic E-state index is -0.126. The zero-order valence-corrected chi connectivity index (χ0v) is 8.42. The average Bonchev–Trinajstić information content (AvgIpc) is 2.02. The van der Waals surface area contributed by atoms with E-state index in [-0.39, 0.29) is 6.04 Å². The molecule has 0 aliphatic rings. The van der Waals surface area contributed by atoms with Crippen molar-refractivity contribution in [2.75, 3.05) is 0 Å². The second-order valence-electron chi connectivity index (χ2n) is 3.63. The minimum absolute atomic E-state index is 0.126. The number of aldehydes is 1. The molecule has 0 aliphatic heterocycles. The lowest BCUT2D eigenvalue weighted by Gasteiger charge is -2.21. The molecule has 0 aliphatic carbocycles. The fraction of sp³-hybridized carbons (Fsp3) is 0.700. The first kappa shape index (κ1) is 11.2. The van der Waals surface area contributed by atoms with Crippen LogP contribution in [0.2, 0.25) is 0 Å². The lowest BCUT2D eigenvalue weighted by molar-refractivity contribution is -0.109. The van der Waals surface area contributed by atoms with Crippen LogP contribution in [-0.4, -0.2) is 12.3 Å². The molecule has 0 aromatic rings. The molecule has 1 unspecified atom stereocenters. The van der Waals surface area contributed by atoms with E-state index < -0.39 is 0 Å². The van der Waals surface area contributed by atoms with Gasteiger partial charge >= 0.3 is 0 Å². The van der Waals surface area contributed by atoms with Gasteiger partial charge in [-0.25, -0.2) is 0 Å². The molecule has 0 aromatic heterocycles. The summed E-state index contributed by atoms with van der Waals surface area (Å²) in [4.78, 5) is 10.3. The van der Waals surface area contributed by atoms with Crippen LogP contribution < -0.4 is 5.32 Å². The fourth-order valence-electron chi connectivity index (χ4n) is 0.860. The number of carbonyl (C=O) groups excluding carboxylic acids is 1. The van der Waals surface area contributed by atoms with Gasteiger partial charge in [0.1, 0.15) is 6.29 Å². The van der Waals surface area contributed by atoms with Gasteiger partial charge < -0.3 is 10.1 Å². The van der Waals surface area contributed by atoms with Gasteiger partial charge in [0.15, 0.2) is 0 Å². The molecule has 12 heavy (non-hydrogen) atoms. The highest BCUT2D eigenvalue weighted by atomic mass is 16.1. The van der Waals surface area contributed by atoms with Gasteiger partial charge in [-0.3, -0.25) is 0 Å². The molecule has 0 amide bonds. The molecule has 0 rings (SSSR count). The van der Waals surface area contributed by atoms with Crippen molar-refractivity contribution in [1.29, 1.82) is 0 Å². The lowest BCUT2D eigenvalue weighted by atomic mass is 9.95. The molecule has 70 valence electrons. The summed E-state index contributed by atoms with van der Waals surface area (Å²) in [5.74, 6) is 0.969. The van der Waals surface area contributed by atoms with Crippen LogP contribution in [0.1, 0.15) is 27.7 Å². The number of allylic oxidation sites excluding steroid dienone is 1. The Bertz CT molecular complexity index is 163. The first-order chi connectivity index (χ1) is 5.49. The molecular formula is C10H19NO. The molecule has 0 fully saturated rings. The molecule has 2 heteroatoms. The lowest BCUT2D eigenvalue weighted by Crippen LogP contribution is -2.30. The standard InChI is InChI=1S/C10H19NO/c1-7(2)9(4)10(5)11-8(3)6-12/h6-9,11H,5H2,1-4H3/t8-,9?/m0/s1. The first-order valence-electron chi connectivity index (χ1n) is 4.39. The summed E-state index contributed by atoms with van der Waals surface area (Å²) in [6, 6.07) is -0.126. The first-order valence-corrected chi connectivity index (χ1v) is 4.39. The summed E-state index contributed by atoms with van der Waals surface area (Å²) < 4.78 is 0. The van der Waals surface area contributed by atoms with E-state index in [9.17, 15) is 4.79 Å². The summed E-state index contributed by atoms with van der Waals surface area (Å²) in [7, 11) is 0. The van der Waals surface area contributed by atoms with Crippen molar-refractivity contribution in [1.82, 2.24) is 5.32 Å². The van der Waals surface area contributed by atoms with Crippen LogP contribution >= 0.6 is 0 Å². The summed E-state index contributed by atoms with van der Waals surface area (Å²) >= 11 is 0. The third kappa shape index (κ3) is 3.56. The van der Waals surface area contributed by atoms with E-state index in [4.69, 9.17) is 0 Å². The van der Waals surface area contributed by atoms with E-state index >= 15 is 0 Å². The van der Waals surface area contributed by atoms with Gasteiger partial charge in [-0.05, 0) is 18.8 Å². The van der Waals surface area contributed by atoms with Crippen molar-refractivity contribution in [2.24, 2.45) is 11.8 Å². The number of hydrogen-bond donors (Lipinski definition) is 1. The molecule has 0 spiro atoms. The maximum Gasteiger partial charge on any atom is 0.141 e. The maximum atomic E-state index is 10.3. The smallest absolute Gasteiger partial charge is 0.141 e. The quantitative estimate of drug-likeness (QED) is 0.637. The largest absolute Gasteiger partial charge is 0.379 e. The molecule has 2 atom stereocenters. The molecule has 0 saturated heterocycles. The van der Waals surface area contributed by atoms with Crippen LogP contribution in [0.25, 0.3) is 0 Å². The number of carbonyl (C=O) groups is 1. The molecule has 0 aromatic carbocycles. The van der Waals surface area contributed by atoms with Gasteiger partial charge in [0, 0.05) is 5.70 Å². The predicted octanol–water partition coefficient (Wildman–Crippen LogP) is 1.97. The van der Waals surface area contributed by atoms with Crippen molar-refractivity contribution >= 4 is 6.29 Å². The summed E-state index contributed by atoms with van der Waals surface area (Å²) in [5.41, 5.74) is 0.949. The second-order valence-corrected chi connectivity index (χ2v) is 3.63. The summed E-state index contributed by atoms with van der Waals surface area (Å²) in [6.45, 7) is 12.1. The maximum absolute atomic E-state index is 10.3. The molecule has 0 radical (unpaired) electrons. The van der Waals surface area contributed by atoms with E-state index in [0.717, 1.165) is 12.0 Å². The zero-order chi connectivity index (χ0) is 9.72. The monoisotopic (exact) mass is 169 g/mol. The Hall–Kier alpha value is -0.790.